The van der Waals surface area contributed by atoms with Crippen molar-refractivity contribution in [2.24, 2.45) is 47.3 Å². The number of aliphatic hydroxyl groups is 3. The molecule has 0 spiro atoms. The number of nitrogens with one attached hydrogen (secondary N) is 4. The Morgan fingerprint density at radius 2 is 0.445 bits per heavy atom. The lowest BCUT2D eigenvalue weighted by atomic mass is 9.96. The van der Waals surface area contributed by atoms with E-state index in [4.69, 9.17) is 97.7 Å². The molecule has 0 fully saturated rings. The van der Waals surface area contributed by atoms with E-state index < -0.39 is 0 Å². The third-order valence-corrected chi connectivity index (χ3v) is 23.4. The van der Waals surface area contributed by atoms with Gasteiger partial charge in [0.2, 0.25) is 0 Å². The van der Waals surface area contributed by atoms with Crippen molar-refractivity contribution in [3.05, 3.63) is 146 Å². The van der Waals surface area contributed by atoms with Crippen LogP contribution in [0.1, 0.15) is 124 Å². The van der Waals surface area contributed by atoms with E-state index in [1.165, 1.54) is 0 Å². The largest absolute Gasteiger partial charge is 0.493 e. The average molecular weight is 1720 g/mol. The summed E-state index contributed by atoms with van der Waals surface area (Å²) < 4.78 is 52.3. The van der Waals surface area contributed by atoms with Crippen LogP contribution in [0.5, 0.6) is 46.0 Å². The Hall–Kier alpha value is -13.2. The fourth-order valence-corrected chi connectivity index (χ4v) is 18.0. The molecule has 18 rings (SSSR count). The average Bonchev–Trinajstić information content (AvgIpc) is 1.59. The summed E-state index contributed by atoms with van der Waals surface area (Å²) >= 11 is 0. The lowest BCUT2D eigenvalue weighted by molar-refractivity contribution is 0.106. The third kappa shape index (κ3) is 16.7. The second kappa shape index (κ2) is 36.6. The fourth-order valence-electron chi connectivity index (χ4n) is 18.0. The number of aromatic amines is 4. The summed E-state index contributed by atoms with van der Waals surface area (Å²) in [5.41, 5.74) is 9.63. The van der Waals surface area contributed by atoms with E-state index in [0.717, 1.165) is 55.6 Å². The number of hydrogen-bond acceptors (Lipinski definition) is 23. The van der Waals surface area contributed by atoms with Crippen LogP contribution in [0.2, 0.25) is 0 Å². The van der Waals surface area contributed by atoms with Crippen molar-refractivity contribution >= 4 is 88.3 Å². The maximum absolute atomic E-state index is 9.66. The van der Waals surface area contributed by atoms with Crippen molar-refractivity contribution in [3.8, 4) is 137 Å². The van der Waals surface area contributed by atoms with Crippen LogP contribution < -0.4 is 37.9 Å². The van der Waals surface area contributed by atoms with Gasteiger partial charge in [0.1, 0.15) is 135 Å². The first-order valence-corrected chi connectivity index (χ1v) is 44.6. The molecule has 0 atom stereocenters. The van der Waals surface area contributed by atoms with Crippen LogP contribution in [-0.4, -0.2) is 166 Å². The van der Waals surface area contributed by atoms with Crippen LogP contribution in [0.25, 0.3) is 179 Å². The SMILES string of the molecule is CC(C)C(Oc1cccc2c1-c1nc-2nc2[nH]c(nc3nc(nc4[nH]c(n1)c1cccc(OC(C(C)C)C(C)C)c41)-c1cccc(OC(C(C)C)C(C)C)c1-3)c1cccc(OC(C(C)C)C(C)C)c21)C(C)C.CCCOc1cccc2c3nc4nc(nc5[nH]c(nc6nc(nc([nH]3)c12)-c1cccc(OCCO)c1-6)c1cccc(OCCO)c51)-c1cccc(OCCO)c1-4. The highest BCUT2D eigenvalue weighted by Gasteiger charge is 2.35. The number of benzene rings is 8. The topological polar surface area (TPSA) is 352 Å². The second-order valence-electron chi connectivity index (χ2n) is 35.5. The molecular weight excluding hydrogens is 1610 g/mol. The summed E-state index contributed by atoms with van der Waals surface area (Å²) in [5.74, 6) is 10.1. The molecule has 660 valence electrons. The summed E-state index contributed by atoms with van der Waals surface area (Å²) in [5, 5.41) is 35.0. The Kier molecular flexibility index (Phi) is 24.8. The standard InChI is InChI=1S/C60H74N8O4.C41H36N8O7/c1-29(2)49(30(3)4)69-41-25-17-21-37-45(41)57-61-53(37)66-58-47-39(23-19-27-43(47)71-51(33(9)10)34(11)12)55(63-58)68-60-48-40(24-20-28-44(48)72-52(35(13)14)36(15)16)56(64-60)67-59-46-38(54(62-59)65-57)22-18-26-42(46)70-50(31(5)6)32(7)8;1-2-18-53-26-11-3-7-22-30(26)38-42-34(22)44-39-32-24(9-5-13-28(32)55-20-16-51)36(46-39)48-41-33-25(10-6-14-29(33)56-21-17-52)37(49-41)47-40-31-23(35(43-38)45-40)8-4-12-27(31)54-19-15-50/h17-36,49-52H,1-16H3,(H2,61,62,63,64,65,66,67,68);3-14,50-52H,2,15-21H2,1H3,(H2,42,43,44,45,46,47,48,49). The number of rotatable bonds is 28. The van der Waals surface area contributed by atoms with Gasteiger partial charge in [-0.3, -0.25) is 0 Å². The fraction of sp³-hybridized carbons (Fsp3) is 0.366. The Bertz CT molecular complexity index is 6470. The minimum atomic E-state index is -0.186. The van der Waals surface area contributed by atoms with Gasteiger partial charge in [0.25, 0.3) is 0 Å². The van der Waals surface area contributed by atoms with Crippen LogP contribution in [0.15, 0.2) is 146 Å². The predicted molar refractivity (Wildman–Crippen MR) is 502 cm³/mol. The van der Waals surface area contributed by atoms with Crippen LogP contribution in [0, 0.1) is 47.3 Å². The molecule has 27 nitrogen and oxygen atoms in total. The van der Waals surface area contributed by atoms with E-state index >= 15 is 0 Å². The van der Waals surface area contributed by atoms with Crippen molar-refractivity contribution in [2.45, 2.75) is 149 Å². The highest BCUT2D eigenvalue weighted by Crippen LogP contribution is 2.49. The van der Waals surface area contributed by atoms with Crippen LogP contribution in [0.4, 0.5) is 0 Å². The Morgan fingerprint density at radius 1 is 0.234 bits per heavy atom. The summed E-state index contributed by atoms with van der Waals surface area (Å²) in [4.78, 5) is 77.1. The zero-order valence-electron chi connectivity index (χ0n) is 75.4. The van der Waals surface area contributed by atoms with E-state index in [-0.39, 0.29) is 111 Å². The van der Waals surface area contributed by atoms with Gasteiger partial charge in [0.05, 0.1) is 70.2 Å². The summed E-state index contributed by atoms with van der Waals surface area (Å²) in [6.07, 6.45) is 0.539. The van der Waals surface area contributed by atoms with E-state index in [1.54, 1.807) is 18.2 Å². The molecule has 0 saturated carbocycles. The minimum Gasteiger partial charge on any atom is -0.493 e. The number of ether oxygens (including phenoxy) is 8. The number of H-pyrrole nitrogens is 4. The maximum Gasteiger partial charge on any atom is 0.168 e. The van der Waals surface area contributed by atoms with Crippen molar-refractivity contribution in [3.63, 3.8) is 0 Å². The number of fused-ring (bicyclic) bond motifs is 40. The van der Waals surface area contributed by atoms with Gasteiger partial charge in [-0.1, -0.05) is 215 Å². The first kappa shape index (κ1) is 86.9. The summed E-state index contributed by atoms with van der Waals surface area (Å²) in [6.45, 7) is 37.3. The monoisotopic (exact) mass is 1720 g/mol. The van der Waals surface area contributed by atoms with Crippen LogP contribution in [-0.2, 0) is 0 Å². The van der Waals surface area contributed by atoms with Gasteiger partial charge in [0.15, 0.2) is 46.6 Å². The Labute approximate surface area is 742 Å². The first-order valence-electron chi connectivity index (χ1n) is 44.6. The molecule has 4 aliphatic heterocycles. The van der Waals surface area contributed by atoms with Crippen molar-refractivity contribution in [1.29, 1.82) is 0 Å². The lowest BCUT2D eigenvalue weighted by Gasteiger charge is -2.27. The number of nitrogens with zero attached hydrogens (tertiary/aromatic N) is 12. The minimum absolute atomic E-state index is 0.0604. The van der Waals surface area contributed by atoms with E-state index in [2.05, 4.69) is 143 Å². The molecule has 8 aromatic carbocycles. The molecule has 128 heavy (non-hydrogen) atoms. The summed E-state index contributed by atoms with van der Waals surface area (Å²) in [6, 6.07) is 46.7. The third-order valence-electron chi connectivity index (χ3n) is 23.4. The summed E-state index contributed by atoms with van der Waals surface area (Å²) in [7, 11) is 0. The first-order chi connectivity index (χ1) is 61.9. The van der Waals surface area contributed by atoms with Crippen molar-refractivity contribution in [2.75, 3.05) is 46.2 Å². The molecule has 6 aromatic heterocycles. The zero-order chi connectivity index (χ0) is 89.6. The highest BCUT2D eigenvalue weighted by molar-refractivity contribution is 6.12. The normalized spacial score (nSPS) is 12.4. The maximum atomic E-state index is 9.66. The van der Waals surface area contributed by atoms with Crippen molar-refractivity contribution in [1.82, 2.24) is 79.7 Å². The van der Waals surface area contributed by atoms with E-state index in [1.807, 2.05) is 122 Å². The van der Waals surface area contributed by atoms with Gasteiger partial charge in [-0.15, -0.1) is 0 Å². The van der Waals surface area contributed by atoms with Gasteiger partial charge in [-0.2, -0.15) is 0 Å². The molecule has 4 aliphatic rings. The molecule has 0 radical (unpaired) electrons. The second-order valence-corrected chi connectivity index (χ2v) is 35.5. The highest BCUT2D eigenvalue weighted by atomic mass is 16.5. The quantitative estimate of drug-likeness (QED) is 0.0239. The molecule has 7 N–H and O–H groups in total. The predicted octanol–water partition coefficient (Wildman–Crippen LogP) is 20.9. The number of aromatic nitrogens is 16. The molecule has 16 bridgehead atoms. The molecule has 0 aliphatic carbocycles. The van der Waals surface area contributed by atoms with Crippen LogP contribution >= 0.6 is 0 Å². The van der Waals surface area contributed by atoms with Gasteiger partial charge in [0, 0.05) is 43.8 Å². The van der Waals surface area contributed by atoms with Gasteiger partial charge < -0.3 is 73.2 Å². The van der Waals surface area contributed by atoms with E-state index in [0.29, 0.717) is 183 Å². The van der Waals surface area contributed by atoms with Gasteiger partial charge >= 0.3 is 0 Å². The molecular formula is C101H110N16O11. The molecule has 14 aromatic rings. The number of aliphatic hydroxyl groups excluding tert-OH is 3. The lowest BCUT2D eigenvalue weighted by Crippen LogP contribution is -2.29. The smallest absolute Gasteiger partial charge is 0.168 e. The Morgan fingerprint density at radius 3 is 0.711 bits per heavy atom. The van der Waals surface area contributed by atoms with Gasteiger partial charge in [-0.25, -0.2) is 59.8 Å². The van der Waals surface area contributed by atoms with Crippen molar-refractivity contribution < 1.29 is 53.2 Å². The molecule has 27 heteroatoms. The molecule has 10 heterocycles. The number of hydrogen-bond donors (Lipinski definition) is 7. The molecule has 0 saturated heterocycles. The molecule has 0 unspecified atom stereocenters. The Balaban J connectivity index is 0.000000185. The van der Waals surface area contributed by atoms with E-state index in [9.17, 15) is 15.3 Å². The molecule has 0 amide bonds. The zero-order valence-corrected chi connectivity index (χ0v) is 75.4. The van der Waals surface area contributed by atoms with Gasteiger partial charge in [-0.05, 0) is 102 Å². The van der Waals surface area contributed by atoms with Crippen LogP contribution in [0.3, 0.4) is 0 Å².